The minimum atomic E-state index is 0.00289. The van der Waals surface area contributed by atoms with Gasteiger partial charge in [0.2, 0.25) is 5.91 Å². The predicted octanol–water partition coefficient (Wildman–Crippen LogP) is 5.24. The lowest BCUT2D eigenvalue weighted by atomic mass is 10.2. The van der Waals surface area contributed by atoms with E-state index < -0.39 is 0 Å². The number of hydrogen-bond acceptors (Lipinski definition) is 2. The van der Waals surface area contributed by atoms with Crippen molar-refractivity contribution in [3.63, 3.8) is 0 Å². The van der Waals surface area contributed by atoms with Gasteiger partial charge in [-0.2, -0.15) is 0 Å². The minimum absolute atomic E-state index is 0.00289. The van der Waals surface area contributed by atoms with E-state index in [1.54, 1.807) is 0 Å². The van der Waals surface area contributed by atoms with Gasteiger partial charge in [0.15, 0.2) is 0 Å². The van der Waals surface area contributed by atoms with Gasteiger partial charge in [-0.05, 0) is 44.9 Å². The van der Waals surface area contributed by atoms with Crippen LogP contribution < -0.4 is 5.32 Å². The van der Waals surface area contributed by atoms with E-state index in [1.165, 1.54) is 25.7 Å². The molecule has 0 aromatic carbocycles. The SMILES string of the molecule is [13CH3]CCCC/C=C\C/C=C\C/C=C\C/C=C\CCCC(=O)[15NH]CCO. The lowest BCUT2D eigenvalue weighted by molar-refractivity contribution is -0.121. The summed E-state index contributed by atoms with van der Waals surface area (Å²) in [6.45, 7) is 2.59. The van der Waals surface area contributed by atoms with Crippen LogP contribution in [-0.4, -0.2) is 24.2 Å². The molecule has 0 fully saturated rings. The third-order valence-corrected chi connectivity index (χ3v) is 3.67. The summed E-state index contributed by atoms with van der Waals surface area (Å²) < 4.78 is 0. The Morgan fingerprint density at radius 1 is 0.800 bits per heavy atom. The first-order valence-corrected chi connectivity index (χ1v) is 9.78. The molecular weight excluding hydrogens is 312 g/mol. The number of carbonyl (C=O) groups excluding carboxylic acids is 1. The summed E-state index contributed by atoms with van der Waals surface area (Å²) in [6, 6.07) is 0. The average Bonchev–Trinajstić information content (AvgIpc) is 2.62. The molecule has 0 aliphatic heterocycles. The highest BCUT2D eigenvalue weighted by atomic mass is 16.3. The maximum atomic E-state index is 11.3. The standard InChI is InChI=1S/C22H37NO2/c1-2-3-4-5-6-7-8-9-10-11-12-13-14-15-16-17-18-19-22(25)23-20-21-24/h6-7,9-10,12-13,15-16,24H,2-5,8,11,14,17-21H2,1H3,(H,23,25)/b7-6-,10-9-,13-12-,16-15-/i1+1,23+1. The largest absolute Gasteiger partial charge is 0.395 e. The lowest BCUT2D eigenvalue weighted by Crippen LogP contribution is -2.25. The Morgan fingerprint density at radius 2 is 1.32 bits per heavy atom. The van der Waals surface area contributed by atoms with Crippen molar-refractivity contribution in [1.29, 1.82) is 0 Å². The number of hydrogen-bond donors (Lipinski definition) is 2. The molecule has 3 heteroatoms. The molecule has 0 rings (SSSR count). The molecule has 1 amide bonds. The van der Waals surface area contributed by atoms with Gasteiger partial charge < -0.3 is 10.4 Å². The van der Waals surface area contributed by atoms with Crippen molar-refractivity contribution in [3.8, 4) is 0 Å². The fraction of sp³-hybridized carbons (Fsp3) is 0.591. The summed E-state index contributed by atoms with van der Waals surface area (Å²) in [7, 11) is 0. The Bertz CT molecular complexity index is 408. The lowest BCUT2D eigenvalue weighted by Gasteiger charge is -2.00. The van der Waals surface area contributed by atoms with Gasteiger partial charge in [-0.1, -0.05) is 68.4 Å². The molecule has 0 aromatic heterocycles. The van der Waals surface area contributed by atoms with Crippen LogP contribution in [-0.2, 0) is 4.79 Å². The van der Waals surface area contributed by atoms with E-state index in [0.29, 0.717) is 13.0 Å². The Kier molecular flexibility index (Phi) is 19.1. The normalized spacial score (nSPS) is 12.2. The van der Waals surface area contributed by atoms with Gasteiger partial charge >= 0.3 is 0 Å². The van der Waals surface area contributed by atoms with Crippen molar-refractivity contribution < 1.29 is 9.90 Å². The number of allylic oxidation sites excluding steroid dienone is 8. The Hall–Kier alpha value is -1.61. The fourth-order valence-electron chi connectivity index (χ4n) is 2.23. The van der Waals surface area contributed by atoms with Gasteiger partial charge in [0.05, 0.1) is 6.61 Å². The van der Waals surface area contributed by atoms with E-state index in [9.17, 15) is 4.79 Å². The number of aliphatic hydroxyl groups excluding tert-OH is 1. The highest BCUT2D eigenvalue weighted by molar-refractivity contribution is 5.75. The number of amides is 1. The molecule has 0 saturated heterocycles. The van der Waals surface area contributed by atoms with Gasteiger partial charge in [0, 0.05) is 13.0 Å². The summed E-state index contributed by atoms with van der Waals surface area (Å²) in [6.07, 6.45) is 28.0. The molecular formula is C22H37NO2. The first-order valence-electron chi connectivity index (χ1n) is 9.78. The Balaban J connectivity index is 3.44. The second-order valence-electron chi connectivity index (χ2n) is 6.05. The molecule has 0 bridgehead atoms. The van der Waals surface area contributed by atoms with Crippen LogP contribution in [0.2, 0.25) is 0 Å². The van der Waals surface area contributed by atoms with Gasteiger partial charge in [0.1, 0.15) is 0 Å². The van der Waals surface area contributed by atoms with Crippen LogP contribution in [0.3, 0.4) is 0 Å². The topological polar surface area (TPSA) is 49.3 Å². The molecule has 0 aliphatic rings. The maximum Gasteiger partial charge on any atom is 0.220 e. The number of unbranched alkanes of at least 4 members (excludes halogenated alkanes) is 4. The summed E-state index contributed by atoms with van der Waals surface area (Å²) >= 11 is 0. The van der Waals surface area contributed by atoms with E-state index in [0.717, 1.165) is 32.1 Å². The van der Waals surface area contributed by atoms with Crippen molar-refractivity contribution in [3.05, 3.63) is 48.6 Å². The summed E-state index contributed by atoms with van der Waals surface area (Å²) in [5.74, 6) is 0.0185. The van der Waals surface area contributed by atoms with Crippen LogP contribution in [0.5, 0.6) is 0 Å². The van der Waals surface area contributed by atoms with Crippen molar-refractivity contribution in [1.82, 2.24) is 5.32 Å². The Morgan fingerprint density at radius 3 is 1.84 bits per heavy atom. The van der Waals surface area contributed by atoms with Crippen LogP contribution in [0.25, 0.3) is 0 Å². The minimum Gasteiger partial charge on any atom is -0.395 e. The first kappa shape index (κ1) is 23.4. The van der Waals surface area contributed by atoms with E-state index in [2.05, 4.69) is 60.8 Å². The van der Waals surface area contributed by atoms with E-state index in [1.807, 2.05) is 0 Å². The van der Waals surface area contributed by atoms with E-state index in [-0.39, 0.29) is 12.5 Å². The Labute approximate surface area is 154 Å². The molecule has 0 unspecified atom stereocenters. The van der Waals surface area contributed by atoms with Crippen molar-refractivity contribution in [2.24, 2.45) is 0 Å². The third kappa shape index (κ3) is 20.3. The number of rotatable bonds is 16. The highest BCUT2D eigenvalue weighted by Gasteiger charge is 1.97. The van der Waals surface area contributed by atoms with Gasteiger partial charge in [-0.3, -0.25) is 4.79 Å². The molecule has 3 nitrogen and oxygen atoms in total. The highest BCUT2D eigenvalue weighted by Crippen LogP contribution is 2.01. The first-order chi connectivity index (χ1) is 12.3. The molecule has 2 N–H and O–H groups in total. The molecule has 142 valence electrons. The summed E-state index contributed by atoms with van der Waals surface area (Å²) in [5, 5.41) is 11.2. The quantitative estimate of drug-likeness (QED) is 0.173. The molecule has 0 radical (unpaired) electrons. The number of carbonyl (C=O) groups is 1. The molecule has 0 aromatic rings. The smallest absolute Gasteiger partial charge is 0.220 e. The fourth-order valence-corrected chi connectivity index (χ4v) is 2.23. The summed E-state index contributed by atoms with van der Waals surface area (Å²) in [5.41, 5.74) is 0. The zero-order chi connectivity index (χ0) is 18.4. The van der Waals surface area contributed by atoms with Crippen LogP contribution in [0.4, 0.5) is 0 Å². The molecule has 25 heavy (non-hydrogen) atoms. The third-order valence-electron chi connectivity index (χ3n) is 3.67. The predicted molar refractivity (Wildman–Crippen MR) is 108 cm³/mol. The molecule has 0 saturated carbocycles. The molecule has 0 spiro atoms. The average molecular weight is 350 g/mol. The van der Waals surface area contributed by atoms with E-state index in [4.69, 9.17) is 5.11 Å². The molecule has 0 atom stereocenters. The van der Waals surface area contributed by atoms with Gasteiger partial charge in [-0.15, -0.1) is 0 Å². The second kappa shape index (κ2) is 20.4. The van der Waals surface area contributed by atoms with Crippen LogP contribution >= 0.6 is 0 Å². The van der Waals surface area contributed by atoms with Crippen molar-refractivity contribution in [2.45, 2.75) is 71.1 Å². The number of aliphatic hydroxyl groups is 1. The molecule has 0 aliphatic carbocycles. The van der Waals surface area contributed by atoms with Crippen LogP contribution in [0.15, 0.2) is 48.6 Å². The number of nitrogens with one attached hydrogen (secondary N) is 1. The van der Waals surface area contributed by atoms with Gasteiger partial charge in [0.25, 0.3) is 0 Å². The maximum absolute atomic E-state index is 11.3. The van der Waals surface area contributed by atoms with Gasteiger partial charge in [-0.25, -0.2) is 0 Å². The molecule has 0 heterocycles. The van der Waals surface area contributed by atoms with Crippen LogP contribution in [0, 0.1) is 0 Å². The van der Waals surface area contributed by atoms with Crippen LogP contribution in [0.1, 0.15) is 71.1 Å². The zero-order valence-corrected chi connectivity index (χ0v) is 16.0. The monoisotopic (exact) mass is 349 g/mol. The zero-order valence-electron chi connectivity index (χ0n) is 16.0. The summed E-state index contributed by atoms with van der Waals surface area (Å²) in [4.78, 5) is 11.3. The van der Waals surface area contributed by atoms with Crippen molar-refractivity contribution in [2.75, 3.05) is 13.2 Å². The van der Waals surface area contributed by atoms with Crippen molar-refractivity contribution >= 4 is 5.91 Å². The van der Waals surface area contributed by atoms with E-state index >= 15 is 0 Å². The second-order valence-corrected chi connectivity index (χ2v) is 6.05.